The van der Waals surface area contributed by atoms with Gasteiger partial charge in [-0.3, -0.25) is 19.7 Å². The van der Waals surface area contributed by atoms with Crippen molar-refractivity contribution in [1.29, 1.82) is 0 Å². The van der Waals surface area contributed by atoms with Gasteiger partial charge >= 0.3 is 11.9 Å². The zero-order valence-electron chi connectivity index (χ0n) is 62.5. The number of rotatable bonds is 36. The van der Waals surface area contributed by atoms with Crippen LogP contribution in [0.1, 0.15) is 106 Å². The van der Waals surface area contributed by atoms with Gasteiger partial charge in [0.1, 0.15) is 91.1 Å². The van der Waals surface area contributed by atoms with E-state index in [1.54, 1.807) is 20.8 Å². The zero-order chi connectivity index (χ0) is 84.7. The number of carboxylic acid groups (broad SMARTS) is 2. The average Bonchev–Trinajstić information content (AvgIpc) is 0.789. The van der Waals surface area contributed by atoms with Gasteiger partial charge in [-0.05, 0) is 45.3 Å². The van der Waals surface area contributed by atoms with Crippen LogP contribution in [0.3, 0.4) is 0 Å². The molecule has 6 unspecified atom stereocenters. The number of carbonyl (C=O) groups excluding carboxylic acids is 2. The summed E-state index contributed by atoms with van der Waals surface area (Å²) in [6.07, 6.45) is -50.8. The van der Waals surface area contributed by atoms with E-state index >= 15 is 0 Å². The topological polar surface area (TPSA) is 720 Å². The minimum absolute atomic E-state index is 0.0261. The number of carbonyl (C=O) groups is 4. The van der Waals surface area contributed by atoms with Gasteiger partial charge in [0.2, 0.25) is 37.4 Å². The van der Waals surface area contributed by atoms with E-state index in [1.807, 2.05) is 20.8 Å². The van der Waals surface area contributed by atoms with Crippen LogP contribution in [0.4, 0.5) is 0 Å². The van der Waals surface area contributed by atoms with Gasteiger partial charge in [-0.15, -0.1) is 0 Å². The molecule has 0 aromatic rings. The molecule has 2 fully saturated rings. The first kappa shape index (κ1) is 101. The summed E-state index contributed by atoms with van der Waals surface area (Å²) in [4.78, 5) is 50.2. The molecule has 5 aliphatic heterocycles. The second-order valence-electron chi connectivity index (χ2n) is 27.1. The number of carboxylic acids is 2. The minimum Gasteiger partial charge on any atom is -0.506 e. The van der Waals surface area contributed by atoms with Gasteiger partial charge in [-0.2, -0.15) is 23.5 Å². The highest BCUT2D eigenvalue weighted by Gasteiger charge is 2.51. The first-order valence-corrected chi connectivity index (χ1v) is 38.0. The molecule has 2 saturated heterocycles. The molecule has 28 N–H and O–H groups in total. The molecule has 5 rings (SSSR count). The monoisotopic (exact) mass is 1670 g/mol. The minimum atomic E-state index is -2.92. The third-order valence-electron chi connectivity index (χ3n) is 18.0. The van der Waals surface area contributed by atoms with Crippen LogP contribution in [0, 0.1) is 5.41 Å². The Hall–Kier alpha value is -5.56. The van der Waals surface area contributed by atoms with Gasteiger partial charge in [0.15, 0.2) is 70.2 Å². The maximum Gasteiger partial charge on any atom is 0.327 e. The summed E-state index contributed by atoms with van der Waals surface area (Å²) in [5, 5.41) is 291. The first-order valence-electron chi connectivity index (χ1n) is 35.7. The van der Waals surface area contributed by atoms with Crippen LogP contribution in [-0.4, -0.2) is 380 Å². The van der Waals surface area contributed by atoms with Gasteiger partial charge in [-0.1, -0.05) is 27.7 Å². The number of thioether (sulfide) groups is 2. The van der Waals surface area contributed by atoms with Crippen LogP contribution < -0.4 is 10.6 Å². The Morgan fingerprint density at radius 1 is 0.429 bits per heavy atom. The lowest BCUT2D eigenvalue weighted by Gasteiger charge is -2.44. The molecule has 0 spiro atoms. The summed E-state index contributed by atoms with van der Waals surface area (Å²) >= 11 is 1.48. The molecular formula is C67H114N2O41S2. The van der Waals surface area contributed by atoms with Gasteiger partial charge in [0, 0.05) is 99.8 Å². The molecule has 0 aliphatic carbocycles. The van der Waals surface area contributed by atoms with Gasteiger partial charge in [0.25, 0.3) is 0 Å². The fraction of sp³-hybridized carbons (Fsp3) is 0.791. The Labute approximate surface area is 651 Å². The zero-order valence-corrected chi connectivity index (χ0v) is 64.2. The van der Waals surface area contributed by atoms with E-state index in [1.165, 1.54) is 0 Å². The molecule has 5 heterocycles. The van der Waals surface area contributed by atoms with Crippen LogP contribution in [0.2, 0.25) is 0 Å². The Balaban J connectivity index is 2.21. The van der Waals surface area contributed by atoms with E-state index in [9.17, 15) is 152 Å². The highest BCUT2D eigenvalue weighted by atomic mass is 32.2. The van der Waals surface area contributed by atoms with Crippen molar-refractivity contribution in [2.45, 2.75) is 247 Å². The predicted octanol–water partition coefficient (Wildman–Crippen LogP) is -2.79. The Morgan fingerprint density at radius 2 is 0.795 bits per heavy atom. The second-order valence-corrected chi connectivity index (χ2v) is 29.3. The summed E-state index contributed by atoms with van der Waals surface area (Å²) in [6.45, 7) is 5.72. The number of amides is 1. The number of aliphatic carboxylic acids is 2. The third kappa shape index (κ3) is 30.8. The van der Waals surface area contributed by atoms with Crippen molar-refractivity contribution in [2.24, 2.45) is 5.41 Å². The molecule has 4 bridgehead atoms. The third-order valence-corrected chi connectivity index (χ3v) is 20.2. The highest BCUT2D eigenvalue weighted by Crippen LogP contribution is 2.35. The predicted molar refractivity (Wildman–Crippen MR) is 383 cm³/mol. The highest BCUT2D eigenvalue weighted by molar-refractivity contribution is 7.99. The maximum absolute atomic E-state index is 13.0. The summed E-state index contributed by atoms with van der Waals surface area (Å²) in [6, 6.07) is -2.93. The lowest BCUT2D eigenvalue weighted by molar-refractivity contribution is -0.330. The quantitative estimate of drug-likeness (QED) is 0.0282. The van der Waals surface area contributed by atoms with Crippen molar-refractivity contribution in [3.8, 4) is 0 Å². The number of hydrogen-bond acceptors (Lipinski definition) is 42. The summed E-state index contributed by atoms with van der Waals surface area (Å²) in [7, 11) is 0. The van der Waals surface area contributed by atoms with Crippen LogP contribution in [0.25, 0.3) is 0 Å². The van der Waals surface area contributed by atoms with Crippen molar-refractivity contribution in [3.05, 3.63) is 57.6 Å². The number of ketones is 1. The second kappa shape index (κ2) is 49.5. The molecular weight excluding hydrogens is 1550 g/mol. The number of ether oxygens (including phenoxy) is 11. The van der Waals surface area contributed by atoms with Crippen molar-refractivity contribution in [3.63, 3.8) is 0 Å². The molecule has 43 nitrogen and oxygen atoms in total. The fourth-order valence-electron chi connectivity index (χ4n) is 10.6. The van der Waals surface area contributed by atoms with E-state index in [2.05, 4.69) is 10.6 Å². The van der Waals surface area contributed by atoms with Crippen LogP contribution in [0.5, 0.6) is 0 Å². The Kier molecular flexibility index (Phi) is 44.5. The molecule has 0 radical (unpaired) electrons. The van der Waals surface area contributed by atoms with E-state index in [0.717, 1.165) is 11.8 Å². The smallest absolute Gasteiger partial charge is 0.327 e. The standard InChI is InChI=1S/C67H114N2O41S2/c1-7-66(3,4)39(75)10-9-21-100-23-24-101-22-15-40(76)68-30(57(91)92)27-112-29-38-56-47(83)54(90)65(108-38)106-34(13-19-72)43(79)49(85)59(95)102-32(11-17-70)41(77)48(84)61(97)104-36(16-25-111-28-31(58(93)94)69-67(5,6)8-2)45(81)50(86)60(96)103-33(12-18-71)42(78)51(87)62(98)109-55-37(26-74)107-64(53(89)46(55)82)105-35(14-20-73)44(80)52(88)63(99)110-56/h30-38,46-47,53-56,59-65,69-74,77-90,95-99H,7-29H2,1-6H3,(H,68,76)(H,91,92)(H,93,94)/b48-41+,49-43-,50-45+,51-42+,52-44+/t30-,31-,32-,33-,34-,35-,36-,37?,38?,46?,47?,53?,54?,55-,56-,59+,60+,61+,62-,63-,64+,65+/m1/s1. The number of aliphatic hydroxyl groups is 24. The number of fused-ring (bicyclic) bond motifs is 2. The molecule has 1 amide bonds. The van der Waals surface area contributed by atoms with Crippen molar-refractivity contribution < 1.29 is 204 Å². The normalized spacial score (nSPS) is 34.0. The lowest BCUT2D eigenvalue weighted by Crippen LogP contribution is -2.61. The molecule has 22 atom stereocenters. The largest absolute Gasteiger partial charge is 0.506 e. The summed E-state index contributed by atoms with van der Waals surface area (Å²) in [5.41, 5.74) is -1.18. The molecule has 650 valence electrons. The maximum atomic E-state index is 13.0. The van der Waals surface area contributed by atoms with Gasteiger partial charge in [0.05, 0.1) is 32.5 Å². The molecule has 0 aromatic heterocycles. The first-order chi connectivity index (χ1) is 52.6. The molecule has 0 saturated carbocycles. The molecule has 45 heteroatoms. The van der Waals surface area contributed by atoms with Gasteiger partial charge < -0.3 is 190 Å². The Bertz CT molecular complexity index is 3030. The van der Waals surface area contributed by atoms with Crippen LogP contribution >= 0.6 is 23.5 Å². The van der Waals surface area contributed by atoms with E-state index in [0.29, 0.717) is 37.4 Å². The molecule has 5 aliphatic rings. The van der Waals surface area contributed by atoms with Crippen molar-refractivity contribution in [2.75, 3.05) is 82.5 Å². The average molecular weight is 1670 g/mol. The van der Waals surface area contributed by atoms with Crippen molar-refractivity contribution in [1.82, 2.24) is 10.6 Å². The number of nitrogens with one attached hydrogen (secondary N) is 2. The molecule has 112 heavy (non-hydrogen) atoms. The Morgan fingerprint density at radius 3 is 1.18 bits per heavy atom. The molecule has 0 aromatic carbocycles. The van der Waals surface area contributed by atoms with Crippen LogP contribution in [0.15, 0.2) is 57.6 Å². The van der Waals surface area contributed by atoms with Crippen molar-refractivity contribution >= 4 is 47.2 Å². The number of hydrogen-bond donors (Lipinski definition) is 28. The SMILES string of the molecule is CCC(C)(C)N[C@H](CSCC[C@H]1O[C@H](O)/C(O)=C(\O)[C@@H](CCO)O[C@H](O)/C(O)=C(/O)[C@@H](CCO)O[C@H]2OC(CSC[C@@H](NC(=O)CCOCCOCCCC(=O)C(C)(C)CC)C(=O)O)[C@@H](O[C@@H](O)/C(O)=C(\O)[C@@H](CCO)O[C@H]3OC(CO)[C@@H](O[C@@H](O)/C(O)=C(\O)[C@@H](CCO)O[C@H](O)/C(O)=C/1O)C(O)C3O)C(O)C2O)C(=O)O. The van der Waals surface area contributed by atoms with E-state index < -0.39 is 299 Å². The fourth-order valence-corrected chi connectivity index (χ4v) is 12.7. The summed E-state index contributed by atoms with van der Waals surface area (Å²) in [5.74, 6) is -21.3. The van der Waals surface area contributed by atoms with Crippen LogP contribution in [-0.2, 0) is 71.3 Å². The van der Waals surface area contributed by atoms with E-state index in [-0.39, 0.29) is 50.1 Å². The number of Topliss-reactive ketones (excluding diaryl/α,β-unsaturated/α-hetero) is 1. The lowest BCUT2D eigenvalue weighted by atomic mass is 9.83. The van der Waals surface area contributed by atoms with E-state index in [4.69, 9.17) is 52.1 Å². The van der Waals surface area contributed by atoms with Gasteiger partial charge in [-0.25, -0.2) is 4.79 Å². The number of aliphatic hydroxyl groups excluding tert-OH is 24. The summed E-state index contributed by atoms with van der Waals surface area (Å²) < 4.78 is 60.4.